The Morgan fingerprint density at radius 2 is 1.83 bits per heavy atom. The lowest BCUT2D eigenvalue weighted by molar-refractivity contribution is -0.139. The molecular formula is C13H14ClNO3. The molecule has 0 aromatic heterocycles. The number of benzene rings is 1. The van der Waals surface area contributed by atoms with Crippen molar-refractivity contribution in [3.05, 3.63) is 34.9 Å². The molecule has 2 N–H and O–H groups in total. The number of rotatable bonds is 5. The maximum atomic E-state index is 11.6. The number of hydrogen-bond donors (Lipinski definition) is 2. The van der Waals surface area contributed by atoms with Gasteiger partial charge in [-0.2, -0.15) is 0 Å². The van der Waals surface area contributed by atoms with Gasteiger partial charge in [-0.1, -0.05) is 23.7 Å². The van der Waals surface area contributed by atoms with Crippen molar-refractivity contribution in [2.45, 2.75) is 31.2 Å². The van der Waals surface area contributed by atoms with Crippen LogP contribution in [0.2, 0.25) is 5.02 Å². The summed E-state index contributed by atoms with van der Waals surface area (Å²) >= 11 is 5.82. The zero-order valence-corrected chi connectivity index (χ0v) is 10.5. The maximum absolute atomic E-state index is 11.6. The highest BCUT2D eigenvalue weighted by molar-refractivity contribution is 6.30. The summed E-state index contributed by atoms with van der Waals surface area (Å²) in [6, 6.07) is 7.38. The molecule has 1 aromatic carbocycles. The molecule has 0 aliphatic heterocycles. The minimum Gasteiger partial charge on any atom is -0.481 e. The molecule has 0 saturated heterocycles. The summed E-state index contributed by atoms with van der Waals surface area (Å²) in [4.78, 5) is 22.0. The summed E-state index contributed by atoms with van der Waals surface area (Å²) in [5, 5.41) is 12.1. The average molecular weight is 268 g/mol. The van der Waals surface area contributed by atoms with Crippen LogP contribution in [0.3, 0.4) is 0 Å². The highest BCUT2D eigenvalue weighted by Crippen LogP contribution is 2.45. The van der Waals surface area contributed by atoms with Crippen LogP contribution in [0.5, 0.6) is 0 Å². The van der Waals surface area contributed by atoms with Crippen LogP contribution >= 0.6 is 11.6 Å². The minimum atomic E-state index is -0.957. The average Bonchev–Trinajstić information content (AvgIpc) is 3.08. The van der Waals surface area contributed by atoms with Gasteiger partial charge >= 0.3 is 5.97 Å². The maximum Gasteiger partial charge on any atom is 0.303 e. The number of amides is 1. The molecule has 96 valence electrons. The van der Waals surface area contributed by atoms with E-state index < -0.39 is 5.97 Å². The highest BCUT2D eigenvalue weighted by atomic mass is 35.5. The molecule has 1 aliphatic rings. The van der Waals surface area contributed by atoms with Gasteiger partial charge in [-0.15, -0.1) is 0 Å². The van der Waals surface area contributed by atoms with Crippen LogP contribution in [0.15, 0.2) is 24.3 Å². The molecule has 2 rings (SSSR count). The lowest BCUT2D eigenvalue weighted by Gasteiger charge is -2.17. The number of aliphatic carboxylic acids is 1. The largest absolute Gasteiger partial charge is 0.481 e. The zero-order chi connectivity index (χ0) is 13.2. The molecule has 1 amide bonds. The third-order valence-corrected chi connectivity index (χ3v) is 3.34. The predicted molar refractivity (Wildman–Crippen MR) is 67.4 cm³/mol. The van der Waals surface area contributed by atoms with Gasteiger partial charge in [0, 0.05) is 11.4 Å². The van der Waals surface area contributed by atoms with Crippen LogP contribution < -0.4 is 5.32 Å². The van der Waals surface area contributed by atoms with E-state index in [4.69, 9.17) is 16.7 Å². The Labute approximate surface area is 110 Å². The fourth-order valence-electron chi connectivity index (χ4n) is 1.93. The molecule has 1 aliphatic carbocycles. The first-order valence-corrected chi connectivity index (χ1v) is 6.18. The van der Waals surface area contributed by atoms with Gasteiger partial charge in [0.2, 0.25) is 5.91 Å². The van der Waals surface area contributed by atoms with E-state index in [0.29, 0.717) is 5.02 Å². The van der Waals surface area contributed by atoms with Crippen molar-refractivity contribution in [1.82, 2.24) is 5.32 Å². The molecule has 4 nitrogen and oxygen atoms in total. The molecule has 0 heterocycles. The minimum absolute atomic E-state index is 0.0185. The molecule has 0 unspecified atom stereocenters. The van der Waals surface area contributed by atoms with E-state index in [1.807, 2.05) is 12.1 Å². The SMILES string of the molecule is O=C(O)CCC(=O)NC1(c2ccc(Cl)cc2)CC1. The van der Waals surface area contributed by atoms with Crippen molar-refractivity contribution in [3.63, 3.8) is 0 Å². The number of hydrogen-bond acceptors (Lipinski definition) is 2. The fraction of sp³-hybridized carbons (Fsp3) is 0.385. The molecule has 1 fully saturated rings. The number of carbonyl (C=O) groups is 2. The van der Waals surface area contributed by atoms with Gasteiger partial charge < -0.3 is 10.4 Å². The molecule has 0 radical (unpaired) electrons. The van der Waals surface area contributed by atoms with Gasteiger partial charge in [0.25, 0.3) is 0 Å². The molecule has 0 atom stereocenters. The van der Waals surface area contributed by atoms with Crippen molar-refractivity contribution in [2.24, 2.45) is 0 Å². The van der Waals surface area contributed by atoms with E-state index in [9.17, 15) is 9.59 Å². The van der Waals surface area contributed by atoms with E-state index in [2.05, 4.69) is 5.32 Å². The Morgan fingerprint density at radius 3 is 2.33 bits per heavy atom. The van der Waals surface area contributed by atoms with E-state index in [-0.39, 0.29) is 24.3 Å². The molecular weight excluding hydrogens is 254 g/mol. The first kappa shape index (κ1) is 12.9. The molecule has 0 bridgehead atoms. The van der Waals surface area contributed by atoms with E-state index in [1.54, 1.807) is 12.1 Å². The lowest BCUT2D eigenvalue weighted by atomic mass is 10.0. The smallest absolute Gasteiger partial charge is 0.303 e. The summed E-state index contributed by atoms with van der Waals surface area (Å²) in [6.45, 7) is 0. The van der Waals surface area contributed by atoms with Crippen LogP contribution in [0.4, 0.5) is 0 Å². The second-order valence-electron chi connectivity index (χ2n) is 4.53. The van der Waals surface area contributed by atoms with Crippen LogP contribution in [0, 0.1) is 0 Å². The molecule has 18 heavy (non-hydrogen) atoms. The second-order valence-corrected chi connectivity index (χ2v) is 4.97. The Kier molecular flexibility index (Phi) is 3.57. The van der Waals surface area contributed by atoms with E-state index >= 15 is 0 Å². The Bertz CT molecular complexity index is 466. The summed E-state index contributed by atoms with van der Waals surface area (Å²) in [5.41, 5.74) is 0.718. The molecule has 5 heteroatoms. The van der Waals surface area contributed by atoms with Crippen molar-refractivity contribution in [1.29, 1.82) is 0 Å². The van der Waals surface area contributed by atoms with Gasteiger partial charge in [0.05, 0.1) is 12.0 Å². The van der Waals surface area contributed by atoms with E-state index in [1.165, 1.54) is 0 Å². The van der Waals surface area contributed by atoms with Crippen LogP contribution in [-0.4, -0.2) is 17.0 Å². The summed E-state index contributed by atoms with van der Waals surface area (Å²) in [7, 11) is 0. The van der Waals surface area contributed by atoms with Crippen LogP contribution in [0.1, 0.15) is 31.2 Å². The van der Waals surface area contributed by atoms with Gasteiger partial charge in [-0.3, -0.25) is 9.59 Å². The topological polar surface area (TPSA) is 66.4 Å². The number of carboxylic acid groups (broad SMARTS) is 1. The number of carbonyl (C=O) groups excluding carboxylic acids is 1. The van der Waals surface area contributed by atoms with E-state index in [0.717, 1.165) is 18.4 Å². The van der Waals surface area contributed by atoms with Crippen molar-refractivity contribution in [2.75, 3.05) is 0 Å². The Balaban J connectivity index is 1.98. The number of carboxylic acids is 1. The quantitative estimate of drug-likeness (QED) is 0.860. The van der Waals surface area contributed by atoms with Crippen LogP contribution in [0.25, 0.3) is 0 Å². The lowest BCUT2D eigenvalue weighted by Crippen LogP contribution is -2.34. The molecule has 0 spiro atoms. The molecule has 1 aromatic rings. The van der Waals surface area contributed by atoms with Crippen molar-refractivity contribution >= 4 is 23.5 Å². The monoisotopic (exact) mass is 267 g/mol. The predicted octanol–water partition coefficient (Wildman–Crippen LogP) is 2.31. The second kappa shape index (κ2) is 4.98. The normalized spacial score (nSPS) is 16.1. The van der Waals surface area contributed by atoms with Gasteiger partial charge in [-0.05, 0) is 30.5 Å². The Hall–Kier alpha value is -1.55. The standard InChI is InChI=1S/C13H14ClNO3/c14-10-3-1-9(2-4-10)13(7-8-13)15-11(16)5-6-12(17)18/h1-4H,5-8H2,(H,15,16)(H,17,18). The van der Waals surface area contributed by atoms with Gasteiger partial charge in [0.15, 0.2) is 0 Å². The summed E-state index contributed by atoms with van der Waals surface area (Å²) in [5.74, 6) is -1.17. The van der Waals surface area contributed by atoms with Crippen molar-refractivity contribution in [3.8, 4) is 0 Å². The van der Waals surface area contributed by atoms with Crippen molar-refractivity contribution < 1.29 is 14.7 Å². The number of nitrogens with one attached hydrogen (secondary N) is 1. The Morgan fingerprint density at radius 1 is 1.22 bits per heavy atom. The highest BCUT2D eigenvalue weighted by Gasteiger charge is 2.45. The number of halogens is 1. The van der Waals surface area contributed by atoms with Gasteiger partial charge in [0.1, 0.15) is 0 Å². The van der Waals surface area contributed by atoms with Crippen LogP contribution in [-0.2, 0) is 15.1 Å². The third kappa shape index (κ3) is 3.01. The third-order valence-electron chi connectivity index (χ3n) is 3.09. The first-order chi connectivity index (χ1) is 8.52. The summed E-state index contributed by atoms with van der Waals surface area (Å²) in [6.07, 6.45) is 1.65. The van der Waals surface area contributed by atoms with Gasteiger partial charge in [-0.25, -0.2) is 0 Å². The molecule has 1 saturated carbocycles. The first-order valence-electron chi connectivity index (χ1n) is 5.81. The fourth-order valence-corrected chi connectivity index (χ4v) is 2.06. The summed E-state index contributed by atoms with van der Waals surface area (Å²) < 4.78 is 0. The zero-order valence-electron chi connectivity index (χ0n) is 9.78.